The zero-order valence-electron chi connectivity index (χ0n) is 17.6. The summed E-state index contributed by atoms with van der Waals surface area (Å²) in [6.07, 6.45) is 1.80. The SMILES string of the molecule is COc1ccc(N=C2NC(=O)/C(=C\c3cc(Br)c(OCc4ccc(Cl)c(Cl)c4)c(Br)c3)S2)cc1. The highest BCUT2D eigenvalue weighted by Crippen LogP contribution is 2.37. The molecule has 1 amide bonds. The molecule has 1 saturated heterocycles. The first-order valence-corrected chi connectivity index (χ1v) is 13.0. The number of carbonyl (C=O) groups excluding carboxylic acids is 1. The smallest absolute Gasteiger partial charge is 0.264 e. The average molecular weight is 643 g/mol. The number of rotatable bonds is 6. The van der Waals surface area contributed by atoms with Crippen molar-refractivity contribution in [3.05, 3.63) is 89.6 Å². The first-order chi connectivity index (χ1) is 16.3. The van der Waals surface area contributed by atoms with Crippen LogP contribution in [0.2, 0.25) is 10.0 Å². The molecule has 0 saturated carbocycles. The number of hydrogen-bond donors (Lipinski definition) is 1. The van der Waals surface area contributed by atoms with Crippen LogP contribution in [0.25, 0.3) is 6.08 Å². The molecule has 5 nitrogen and oxygen atoms in total. The highest BCUT2D eigenvalue weighted by molar-refractivity contribution is 9.11. The van der Waals surface area contributed by atoms with Crippen molar-refractivity contribution in [2.45, 2.75) is 6.61 Å². The van der Waals surface area contributed by atoms with Gasteiger partial charge in [-0.2, -0.15) is 0 Å². The predicted octanol–water partition coefficient (Wildman–Crippen LogP) is 8.00. The number of halogens is 4. The largest absolute Gasteiger partial charge is 0.497 e. The zero-order valence-corrected chi connectivity index (χ0v) is 23.1. The Bertz CT molecular complexity index is 1290. The minimum absolute atomic E-state index is 0.204. The molecule has 10 heteroatoms. The Hall–Kier alpha value is -1.97. The van der Waals surface area contributed by atoms with E-state index in [1.165, 1.54) is 11.8 Å². The second kappa shape index (κ2) is 11.2. The van der Waals surface area contributed by atoms with Crippen LogP contribution < -0.4 is 14.8 Å². The number of amides is 1. The van der Waals surface area contributed by atoms with E-state index in [9.17, 15) is 4.79 Å². The lowest BCUT2D eigenvalue weighted by Crippen LogP contribution is -2.19. The predicted molar refractivity (Wildman–Crippen MR) is 146 cm³/mol. The fraction of sp³-hybridized carbons (Fsp3) is 0.0833. The molecule has 1 fully saturated rings. The van der Waals surface area contributed by atoms with Crippen LogP contribution in [0.5, 0.6) is 11.5 Å². The molecular weight excluding hydrogens is 627 g/mol. The molecule has 4 rings (SSSR count). The van der Waals surface area contributed by atoms with E-state index in [-0.39, 0.29) is 5.91 Å². The minimum atomic E-state index is -0.204. The summed E-state index contributed by atoms with van der Waals surface area (Å²) in [6.45, 7) is 0.317. The quantitative estimate of drug-likeness (QED) is 0.277. The van der Waals surface area contributed by atoms with Crippen molar-refractivity contribution in [3.8, 4) is 11.5 Å². The summed E-state index contributed by atoms with van der Waals surface area (Å²) in [5, 5.41) is 4.28. The second-order valence-electron chi connectivity index (χ2n) is 7.03. The maximum atomic E-state index is 12.5. The third kappa shape index (κ3) is 6.17. The standard InChI is InChI=1S/C24H16Br2Cl2N2O3S/c1-32-16-5-3-15(4-6-16)29-24-30-23(31)21(34-24)11-14-8-17(25)22(18(26)9-14)33-12-13-2-7-19(27)20(28)10-13/h2-11H,12H2,1H3,(H,29,30,31)/b21-11+. The van der Waals surface area contributed by atoms with Crippen molar-refractivity contribution in [1.29, 1.82) is 0 Å². The summed E-state index contributed by atoms with van der Waals surface area (Å²) in [7, 11) is 1.61. The molecular formula is C24H16Br2Cl2N2O3S. The monoisotopic (exact) mass is 640 g/mol. The first kappa shape index (κ1) is 25.1. The molecule has 1 aliphatic heterocycles. The molecule has 1 aliphatic rings. The Kier molecular flexibility index (Phi) is 8.26. The summed E-state index contributed by atoms with van der Waals surface area (Å²) in [6, 6.07) is 16.4. The Morgan fingerprint density at radius 1 is 1.03 bits per heavy atom. The molecule has 0 bridgehead atoms. The average Bonchev–Trinajstić information content (AvgIpc) is 3.14. The minimum Gasteiger partial charge on any atom is -0.497 e. The van der Waals surface area contributed by atoms with Gasteiger partial charge in [0.2, 0.25) is 0 Å². The fourth-order valence-electron chi connectivity index (χ4n) is 2.99. The number of hydrogen-bond acceptors (Lipinski definition) is 5. The van der Waals surface area contributed by atoms with Crippen LogP contribution in [0.15, 0.2) is 73.4 Å². The highest BCUT2D eigenvalue weighted by Gasteiger charge is 2.24. The molecule has 0 atom stereocenters. The van der Waals surface area contributed by atoms with Gasteiger partial charge < -0.3 is 14.8 Å². The van der Waals surface area contributed by atoms with E-state index >= 15 is 0 Å². The molecule has 0 radical (unpaired) electrons. The van der Waals surface area contributed by atoms with E-state index in [1.807, 2.05) is 42.5 Å². The van der Waals surface area contributed by atoms with E-state index in [2.05, 4.69) is 42.2 Å². The molecule has 1 heterocycles. The Balaban J connectivity index is 1.48. The number of carbonyl (C=O) groups is 1. The zero-order chi connectivity index (χ0) is 24.2. The van der Waals surface area contributed by atoms with Gasteiger partial charge in [-0.3, -0.25) is 4.79 Å². The molecule has 3 aromatic carbocycles. The van der Waals surface area contributed by atoms with E-state index in [0.29, 0.717) is 32.5 Å². The van der Waals surface area contributed by atoms with Crippen LogP contribution in [-0.4, -0.2) is 18.2 Å². The Morgan fingerprint density at radius 2 is 1.74 bits per heavy atom. The van der Waals surface area contributed by atoms with E-state index in [0.717, 1.165) is 31.5 Å². The van der Waals surface area contributed by atoms with Crippen LogP contribution in [0.4, 0.5) is 5.69 Å². The van der Waals surface area contributed by atoms with Crippen molar-refractivity contribution in [1.82, 2.24) is 5.32 Å². The number of methoxy groups -OCH3 is 1. The van der Waals surface area contributed by atoms with Crippen molar-refractivity contribution in [3.63, 3.8) is 0 Å². The van der Waals surface area contributed by atoms with Gasteiger partial charge in [-0.1, -0.05) is 29.3 Å². The summed E-state index contributed by atoms with van der Waals surface area (Å²) in [4.78, 5) is 17.5. The van der Waals surface area contributed by atoms with E-state index in [4.69, 9.17) is 32.7 Å². The molecule has 0 unspecified atom stereocenters. The van der Waals surface area contributed by atoms with Crippen molar-refractivity contribution in [2.75, 3.05) is 7.11 Å². The number of ether oxygens (including phenoxy) is 2. The lowest BCUT2D eigenvalue weighted by Gasteiger charge is -2.12. The molecule has 0 spiro atoms. The lowest BCUT2D eigenvalue weighted by molar-refractivity contribution is -0.115. The molecule has 1 N–H and O–H groups in total. The van der Waals surface area contributed by atoms with Crippen molar-refractivity contribution >= 4 is 89.7 Å². The summed E-state index contributed by atoms with van der Waals surface area (Å²) in [5.41, 5.74) is 2.44. The lowest BCUT2D eigenvalue weighted by atomic mass is 10.2. The third-order valence-corrected chi connectivity index (χ3v) is 7.47. The van der Waals surface area contributed by atoms with Crippen LogP contribution in [0.1, 0.15) is 11.1 Å². The van der Waals surface area contributed by atoms with Gasteiger partial charge in [-0.15, -0.1) is 0 Å². The van der Waals surface area contributed by atoms with Crippen molar-refractivity contribution < 1.29 is 14.3 Å². The van der Waals surface area contributed by atoms with Gasteiger partial charge in [0.15, 0.2) is 5.17 Å². The third-order valence-electron chi connectivity index (χ3n) is 4.64. The van der Waals surface area contributed by atoms with Crippen LogP contribution in [-0.2, 0) is 11.4 Å². The number of nitrogens with zero attached hydrogens (tertiary/aromatic N) is 1. The summed E-state index contributed by atoms with van der Waals surface area (Å²) >= 11 is 20.4. The maximum Gasteiger partial charge on any atom is 0.264 e. The van der Waals surface area contributed by atoms with Gasteiger partial charge in [0.25, 0.3) is 5.91 Å². The van der Waals surface area contributed by atoms with Crippen LogP contribution in [0, 0.1) is 0 Å². The van der Waals surface area contributed by atoms with Gasteiger partial charge in [-0.25, -0.2) is 4.99 Å². The Labute approximate surface area is 227 Å². The van der Waals surface area contributed by atoms with Crippen LogP contribution >= 0.6 is 66.8 Å². The highest BCUT2D eigenvalue weighted by atomic mass is 79.9. The number of amidine groups is 1. The van der Waals surface area contributed by atoms with E-state index in [1.54, 1.807) is 25.3 Å². The molecule has 3 aromatic rings. The van der Waals surface area contributed by atoms with Gasteiger partial charge in [0.1, 0.15) is 18.1 Å². The number of benzene rings is 3. The number of thioether (sulfide) groups is 1. The van der Waals surface area contributed by atoms with Gasteiger partial charge >= 0.3 is 0 Å². The van der Waals surface area contributed by atoms with E-state index < -0.39 is 0 Å². The molecule has 0 aromatic heterocycles. The number of nitrogens with one attached hydrogen (secondary N) is 1. The maximum absolute atomic E-state index is 12.5. The number of aliphatic imine (C=N–C) groups is 1. The topological polar surface area (TPSA) is 59.9 Å². The molecule has 34 heavy (non-hydrogen) atoms. The second-order valence-corrected chi connectivity index (χ2v) is 10.6. The van der Waals surface area contributed by atoms with Gasteiger partial charge in [0, 0.05) is 0 Å². The van der Waals surface area contributed by atoms with Gasteiger partial charge in [0.05, 0.1) is 36.7 Å². The normalized spacial score (nSPS) is 15.6. The summed E-state index contributed by atoms with van der Waals surface area (Å²) < 4.78 is 12.6. The van der Waals surface area contributed by atoms with Gasteiger partial charge in [-0.05, 0) is 109 Å². The Morgan fingerprint density at radius 3 is 2.38 bits per heavy atom. The van der Waals surface area contributed by atoms with Crippen molar-refractivity contribution in [2.24, 2.45) is 4.99 Å². The summed E-state index contributed by atoms with van der Waals surface area (Å²) in [5.74, 6) is 1.18. The van der Waals surface area contributed by atoms with Crippen LogP contribution in [0.3, 0.4) is 0 Å². The molecule has 0 aliphatic carbocycles. The fourth-order valence-corrected chi connectivity index (χ4v) is 5.60. The first-order valence-electron chi connectivity index (χ1n) is 9.82. The molecule has 174 valence electrons.